The Kier molecular flexibility index (Phi) is 5.18. The van der Waals surface area contributed by atoms with Crippen LogP contribution < -0.4 is 5.32 Å². The zero-order valence-corrected chi connectivity index (χ0v) is 16.8. The average molecular weight is 366 g/mol. The first-order chi connectivity index (χ1) is 13.1. The maximum absolute atomic E-state index is 13.7. The number of carbonyl (C=O) groups excluding carboxylic acids is 1. The minimum Gasteiger partial charge on any atom is -0.336 e. The molecule has 2 aromatic rings. The van der Waals surface area contributed by atoms with Gasteiger partial charge in [0.25, 0.3) is 5.91 Å². The first-order valence-corrected chi connectivity index (χ1v) is 10.5. The average Bonchev–Trinajstić information content (AvgIpc) is 3.51. The fourth-order valence-electron chi connectivity index (χ4n) is 4.43. The standard InChI is InChI=1S/C23H31N3O/c1-4-11-26(18-7-9-24-10-8-18)23(27)20-14-21(17-5-6-17)25-22-16(3)12-15(2)13-19(20)22/h12-14,17-18,24H,4-11H2,1-3H3. The van der Waals surface area contributed by atoms with Crippen molar-refractivity contribution in [1.29, 1.82) is 0 Å². The smallest absolute Gasteiger partial charge is 0.254 e. The molecule has 1 saturated heterocycles. The molecule has 1 saturated carbocycles. The van der Waals surface area contributed by atoms with Crippen molar-refractivity contribution in [3.8, 4) is 0 Å². The molecule has 1 aromatic heterocycles. The molecule has 2 aliphatic rings. The number of amides is 1. The van der Waals surface area contributed by atoms with E-state index in [0.29, 0.717) is 12.0 Å². The number of hydrogen-bond acceptors (Lipinski definition) is 3. The van der Waals surface area contributed by atoms with E-state index in [-0.39, 0.29) is 5.91 Å². The van der Waals surface area contributed by atoms with Crippen LogP contribution in [0.5, 0.6) is 0 Å². The number of piperidine rings is 1. The van der Waals surface area contributed by atoms with Crippen LogP contribution in [0.1, 0.15) is 72.1 Å². The number of nitrogens with one attached hydrogen (secondary N) is 1. The number of nitrogens with zero attached hydrogens (tertiary/aromatic N) is 2. The van der Waals surface area contributed by atoms with Gasteiger partial charge in [0, 0.05) is 29.6 Å². The summed E-state index contributed by atoms with van der Waals surface area (Å²) in [6, 6.07) is 6.77. The number of carbonyl (C=O) groups is 1. The molecule has 1 aliphatic heterocycles. The molecule has 0 atom stereocenters. The van der Waals surface area contributed by atoms with Crippen molar-refractivity contribution in [3.05, 3.63) is 40.6 Å². The molecule has 1 aromatic carbocycles. The summed E-state index contributed by atoms with van der Waals surface area (Å²) in [6.45, 7) is 9.21. The molecule has 4 heteroatoms. The molecule has 1 aliphatic carbocycles. The van der Waals surface area contributed by atoms with Crippen LogP contribution in [0.15, 0.2) is 18.2 Å². The fraction of sp³-hybridized carbons (Fsp3) is 0.565. The number of aryl methyl sites for hydroxylation is 2. The first kappa shape index (κ1) is 18.4. The minimum atomic E-state index is 0.197. The fourth-order valence-corrected chi connectivity index (χ4v) is 4.43. The van der Waals surface area contributed by atoms with Gasteiger partial charge < -0.3 is 10.2 Å². The monoisotopic (exact) mass is 365 g/mol. The quantitative estimate of drug-likeness (QED) is 0.858. The summed E-state index contributed by atoms with van der Waals surface area (Å²) in [5.41, 5.74) is 5.35. The molecular formula is C23H31N3O. The van der Waals surface area contributed by atoms with Crippen LogP contribution in [0.2, 0.25) is 0 Å². The lowest BCUT2D eigenvalue weighted by molar-refractivity contribution is 0.0644. The van der Waals surface area contributed by atoms with Gasteiger partial charge in [-0.25, -0.2) is 0 Å². The molecule has 0 radical (unpaired) electrons. The second-order valence-electron chi connectivity index (χ2n) is 8.33. The van der Waals surface area contributed by atoms with E-state index in [1.54, 1.807) is 0 Å². The van der Waals surface area contributed by atoms with Gasteiger partial charge in [0.05, 0.1) is 11.1 Å². The zero-order valence-electron chi connectivity index (χ0n) is 16.8. The number of hydrogen-bond donors (Lipinski definition) is 1. The lowest BCUT2D eigenvalue weighted by Gasteiger charge is -2.35. The van der Waals surface area contributed by atoms with E-state index < -0.39 is 0 Å². The van der Waals surface area contributed by atoms with Crippen molar-refractivity contribution in [2.24, 2.45) is 0 Å². The lowest BCUT2D eigenvalue weighted by Crippen LogP contribution is -2.46. The number of pyridine rings is 1. The van der Waals surface area contributed by atoms with Crippen LogP contribution in [-0.4, -0.2) is 41.5 Å². The summed E-state index contributed by atoms with van der Waals surface area (Å²) in [5, 5.41) is 4.44. The summed E-state index contributed by atoms with van der Waals surface area (Å²) in [4.78, 5) is 20.8. The second kappa shape index (κ2) is 7.59. The largest absolute Gasteiger partial charge is 0.336 e. The Labute approximate surface area is 162 Å². The molecule has 4 rings (SSSR count). The first-order valence-electron chi connectivity index (χ1n) is 10.5. The third-order valence-electron chi connectivity index (χ3n) is 5.97. The van der Waals surface area contributed by atoms with E-state index in [9.17, 15) is 4.79 Å². The molecule has 144 valence electrons. The number of benzene rings is 1. The van der Waals surface area contributed by atoms with Gasteiger partial charge in [0.2, 0.25) is 0 Å². The van der Waals surface area contributed by atoms with E-state index in [1.165, 1.54) is 24.0 Å². The van der Waals surface area contributed by atoms with Crippen LogP contribution in [0.3, 0.4) is 0 Å². The van der Waals surface area contributed by atoms with Crippen molar-refractivity contribution in [3.63, 3.8) is 0 Å². The van der Waals surface area contributed by atoms with Gasteiger partial charge in [-0.2, -0.15) is 0 Å². The molecule has 1 amide bonds. The van der Waals surface area contributed by atoms with Crippen LogP contribution in [0.25, 0.3) is 10.9 Å². The van der Waals surface area contributed by atoms with Gasteiger partial charge in [-0.1, -0.05) is 18.6 Å². The predicted molar refractivity (Wildman–Crippen MR) is 110 cm³/mol. The summed E-state index contributed by atoms with van der Waals surface area (Å²) in [6.07, 6.45) is 5.48. The highest BCUT2D eigenvalue weighted by Crippen LogP contribution is 2.41. The second-order valence-corrected chi connectivity index (χ2v) is 8.33. The van der Waals surface area contributed by atoms with Crippen molar-refractivity contribution >= 4 is 16.8 Å². The van der Waals surface area contributed by atoms with Gasteiger partial charge in [0.15, 0.2) is 0 Å². The van der Waals surface area contributed by atoms with Gasteiger partial charge in [-0.3, -0.25) is 9.78 Å². The summed E-state index contributed by atoms with van der Waals surface area (Å²) in [7, 11) is 0. The third-order valence-corrected chi connectivity index (χ3v) is 5.97. The van der Waals surface area contributed by atoms with Crippen molar-refractivity contribution in [2.75, 3.05) is 19.6 Å². The van der Waals surface area contributed by atoms with Crippen LogP contribution in [0, 0.1) is 13.8 Å². The third kappa shape index (κ3) is 3.73. The van der Waals surface area contributed by atoms with Gasteiger partial charge in [0.1, 0.15) is 0 Å². The molecule has 4 nitrogen and oxygen atoms in total. The molecule has 0 unspecified atom stereocenters. The van der Waals surface area contributed by atoms with E-state index in [4.69, 9.17) is 4.98 Å². The minimum absolute atomic E-state index is 0.197. The normalized spacial score (nSPS) is 18.0. The zero-order chi connectivity index (χ0) is 19.0. The summed E-state index contributed by atoms with van der Waals surface area (Å²) >= 11 is 0. The molecule has 1 N–H and O–H groups in total. The Morgan fingerprint density at radius 2 is 1.89 bits per heavy atom. The molecule has 2 heterocycles. The van der Waals surface area contributed by atoms with E-state index >= 15 is 0 Å². The summed E-state index contributed by atoms with van der Waals surface area (Å²) in [5.74, 6) is 0.739. The Morgan fingerprint density at radius 3 is 2.56 bits per heavy atom. The molecular weight excluding hydrogens is 334 g/mol. The van der Waals surface area contributed by atoms with E-state index in [0.717, 1.165) is 61.1 Å². The Hall–Kier alpha value is -1.94. The van der Waals surface area contributed by atoms with Crippen molar-refractivity contribution in [1.82, 2.24) is 15.2 Å². The van der Waals surface area contributed by atoms with Gasteiger partial charge in [-0.05, 0) is 76.7 Å². The Morgan fingerprint density at radius 1 is 1.15 bits per heavy atom. The van der Waals surface area contributed by atoms with Crippen LogP contribution >= 0.6 is 0 Å². The highest BCUT2D eigenvalue weighted by molar-refractivity contribution is 6.07. The molecule has 2 fully saturated rings. The Bertz CT molecular complexity index is 850. The van der Waals surface area contributed by atoms with Gasteiger partial charge >= 0.3 is 0 Å². The number of fused-ring (bicyclic) bond motifs is 1. The maximum atomic E-state index is 13.7. The molecule has 0 spiro atoms. The topological polar surface area (TPSA) is 45.2 Å². The van der Waals surface area contributed by atoms with Crippen molar-refractivity contribution in [2.45, 2.75) is 64.8 Å². The summed E-state index contributed by atoms with van der Waals surface area (Å²) < 4.78 is 0. The SMILES string of the molecule is CCCN(C(=O)c1cc(C2CC2)nc2c(C)cc(C)cc12)C1CCNCC1. The van der Waals surface area contributed by atoms with Crippen LogP contribution in [0.4, 0.5) is 0 Å². The van der Waals surface area contributed by atoms with Crippen LogP contribution in [-0.2, 0) is 0 Å². The number of rotatable bonds is 5. The predicted octanol–water partition coefficient (Wildman–Crippen LogP) is 4.33. The van der Waals surface area contributed by atoms with E-state index in [1.807, 2.05) is 0 Å². The molecule has 27 heavy (non-hydrogen) atoms. The Balaban J connectivity index is 1.81. The van der Waals surface area contributed by atoms with Gasteiger partial charge in [-0.15, -0.1) is 0 Å². The lowest BCUT2D eigenvalue weighted by atomic mass is 9.98. The highest BCUT2D eigenvalue weighted by Gasteiger charge is 2.30. The highest BCUT2D eigenvalue weighted by atomic mass is 16.2. The maximum Gasteiger partial charge on any atom is 0.254 e. The van der Waals surface area contributed by atoms with E-state index in [2.05, 4.69) is 49.2 Å². The molecule has 0 bridgehead atoms. The number of aromatic nitrogens is 1. The van der Waals surface area contributed by atoms with Crippen molar-refractivity contribution < 1.29 is 4.79 Å².